The lowest BCUT2D eigenvalue weighted by Gasteiger charge is -2.28. The number of hydrogen-bond donors (Lipinski definition) is 6. The Morgan fingerprint density at radius 2 is 0.556 bits per heavy atom. The Balaban J connectivity index is 0.000000153. The summed E-state index contributed by atoms with van der Waals surface area (Å²) in [6.45, 7) is 32.3. The van der Waals surface area contributed by atoms with Gasteiger partial charge in [0.15, 0.2) is 0 Å². The van der Waals surface area contributed by atoms with Crippen molar-refractivity contribution >= 4 is 82.8 Å². The number of anilines is 8. The lowest BCUT2D eigenvalue weighted by molar-refractivity contribution is -0.138. The Morgan fingerprint density at radius 3 is 0.785 bits per heavy atom. The van der Waals surface area contributed by atoms with Gasteiger partial charge in [-0.2, -0.15) is 59.4 Å². The number of alkyl halides is 9. The van der Waals surface area contributed by atoms with Gasteiger partial charge < -0.3 is 60.0 Å². The topological polar surface area (TPSA) is 334 Å². The predicted octanol–water partition coefficient (Wildman–Crippen LogP) is 19.5. The minimum atomic E-state index is -4.38. The first-order valence-corrected chi connectivity index (χ1v) is 44.3. The zero-order valence-electron chi connectivity index (χ0n) is 77.5. The van der Waals surface area contributed by atoms with Gasteiger partial charge in [-0.15, -0.1) is 0 Å². The van der Waals surface area contributed by atoms with E-state index in [9.17, 15) is 58.7 Å². The number of rotatable bonds is 24. The standard InChI is InChI=1S/C24H28F3N7O.C23H28ClN7O.2C23H26F3N7O/c1-14(2)21-16(4)32(5)23(35)34(21)20-10-11-28-22(31-20)30-15(3)19-12-33(13-29-19)18-8-6-17(7-9-18)24(25,26)27;1-14(2)21-16(4)29(5)23(32)31(21)20-10-11-25-22(28-20)27-15(3)19-12-30(13-26-19)18-8-6-17(24)7-9-18;2*1-13(2)20-15(4)30-22(34)33(20)19-9-10-27-21(31-19)29-14(3)18-11-32(12-28-18)17-7-5-16(6-8-17)23(24,25)26/h6-16,21H,1-5H3,(H,28,30,31);6-16,21H,1-5H3,(H,25,27,28);2*5-15,20H,1-4H3,(H,30,34)(H,27,29,31)/t15-,16+,21-;15-,16-,21-;14-,15+,20-;14-,15-,20-/m0000/s1. The molecule has 4 saturated heterocycles. The number of carbonyl (C=O) groups excluding carboxylic acids is 4. The number of imidazole rings is 4. The fourth-order valence-electron chi connectivity index (χ4n) is 16.9. The number of amides is 8. The fraction of sp³-hybridized carbons (Fsp3) is 0.398. The third kappa shape index (κ3) is 22.6. The van der Waals surface area contributed by atoms with E-state index in [1.807, 2.05) is 90.5 Å². The van der Waals surface area contributed by atoms with Gasteiger partial charge in [0, 0.05) is 104 Å². The molecule has 4 fully saturated rings. The van der Waals surface area contributed by atoms with Crippen molar-refractivity contribution < 1.29 is 58.7 Å². The highest BCUT2D eigenvalue weighted by Gasteiger charge is 2.48. The van der Waals surface area contributed by atoms with E-state index in [2.05, 4.69) is 154 Å². The third-order valence-electron chi connectivity index (χ3n) is 24.0. The van der Waals surface area contributed by atoms with E-state index in [1.54, 1.807) is 130 Å². The summed E-state index contributed by atoms with van der Waals surface area (Å²) in [4.78, 5) is 114. The first-order valence-electron chi connectivity index (χ1n) is 44.0. The molecular weight excluding hydrogens is 1780 g/mol. The summed E-state index contributed by atoms with van der Waals surface area (Å²) >= 11 is 5.98. The second-order valence-electron chi connectivity index (χ2n) is 35.0. The summed E-state index contributed by atoms with van der Waals surface area (Å²) in [5.74, 6) is 4.58. The molecule has 0 bridgehead atoms. The zero-order valence-corrected chi connectivity index (χ0v) is 78.2. The molecule has 42 heteroatoms. The van der Waals surface area contributed by atoms with Crippen LogP contribution in [0.15, 0.2) is 196 Å². The van der Waals surface area contributed by atoms with Gasteiger partial charge in [-0.1, -0.05) is 67.0 Å². The second kappa shape index (κ2) is 40.8. The summed E-state index contributed by atoms with van der Waals surface area (Å²) in [5, 5.41) is 19.4. The molecule has 135 heavy (non-hydrogen) atoms. The molecule has 16 rings (SSSR count). The Hall–Kier alpha value is -14.0. The molecule has 4 aliphatic heterocycles. The monoisotopic (exact) mass is 1890 g/mol. The molecule has 0 unspecified atom stereocenters. The van der Waals surface area contributed by atoms with Crippen LogP contribution < -0.4 is 51.5 Å². The molecule has 8 aromatic heterocycles. The third-order valence-corrected chi connectivity index (χ3v) is 24.3. The van der Waals surface area contributed by atoms with Gasteiger partial charge in [0.05, 0.1) is 125 Å². The van der Waals surface area contributed by atoms with Crippen LogP contribution in [0, 0.1) is 23.7 Å². The Kier molecular flexibility index (Phi) is 29.8. The van der Waals surface area contributed by atoms with Crippen molar-refractivity contribution in [1.82, 2.24) is 98.5 Å². The normalized spacial score (nSPS) is 19.5. The summed E-state index contributed by atoms with van der Waals surface area (Å²) in [5.41, 5.74) is 3.36. The van der Waals surface area contributed by atoms with Crippen molar-refractivity contribution in [2.24, 2.45) is 23.7 Å². The molecule has 6 N–H and O–H groups in total. The highest BCUT2D eigenvalue weighted by molar-refractivity contribution is 6.30. The molecule has 4 aliphatic rings. The maximum atomic E-state index is 12.9. The van der Waals surface area contributed by atoms with Crippen molar-refractivity contribution in [2.75, 3.05) is 55.0 Å². The van der Waals surface area contributed by atoms with Crippen molar-refractivity contribution in [2.45, 2.75) is 202 Å². The van der Waals surface area contributed by atoms with E-state index in [0.717, 1.165) is 47.8 Å². The Bertz CT molecular complexity index is 5890. The number of aromatic nitrogens is 16. The highest BCUT2D eigenvalue weighted by Crippen LogP contribution is 2.39. The SMILES string of the molecule is CC(C)[C@H]1[C@@H](C)N(C)C(=O)N1c1ccnc(N[C@@H](C)c2cn(-c3ccc(C(F)(F)F)cc3)cn2)n1.CC(C)[C@H]1[C@@H](C)NC(=O)N1c1ccnc(N[C@@H](C)c2cn(-c3ccc(C(F)(F)F)cc3)cn2)n1.CC(C)[C@H]1[C@H](C)N(C)C(=O)N1c1ccnc(N[C@@H](C)c2cn(-c3ccc(Cl)cc3)cn2)n1.CC(C)[C@H]1[C@H](C)NC(=O)N1c1ccnc(N[C@@H](C)c2cn(-c3ccc(C(F)(F)F)cc3)cn2)n1. The van der Waals surface area contributed by atoms with Crippen molar-refractivity contribution in [3.8, 4) is 22.7 Å². The molecule has 0 spiro atoms. The highest BCUT2D eigenvalue weighted by atomic mass is 35.5. The maximum absolute atomic E-state index is 12.9. The largest absolute Gasteiger partial charge is 0.416 e. The van der Waals surface area contributed by atoms with E-state index >= 15 is 0 Å². The fourth-order valence-corrected chi connectivity index (χ4v) is 17.0. The van der Waals surface area contributed by atoms with Gasteiger partial charge in [0.1, 0.15) is 23.3 Å². The molecule has 714 valence electrons. The molecule has 0 aliphatic carbocycles. The molecular formula is C93H108ClF9N28O4. The molecule has 0 radical (unpaired) electrons. The maximum Gasteiger partial charge on any atom is 0.416 e. The number of benzene rings is 4. The average molecular weight is 1890 g/mol. The van der Waals surface area contributed by atoms with Crippen LogP contribution in [-0.2, 0) is 18.5 Å². The van der Waals surface area contributed by atoms with E-state index in [4.69, 9.17) is 11.6 Å². The minimum Gasteiger partial charge on any atom is -0.346 e. The number of hydrogen-bond acceptors (Lipinski definition) is 20. The van der Waals surface area contributed by atoms with Crippen LogP contribution in [0.25, 0.3) is 22.7 Å². The number of carbonyl (C=O) groups is 4. The van der Waals surface area contributed by atoms with E-state index in [1.165, 1.54) is 49.1 Å². The molecule has 32 nitrogen and oxygen atoms in total. The van der Waals surface area contributed by atoms with E-state index in [0.29, 0.717) is 92.1 Å². The molecule has 12 heterocycles. The number of nitrogens with zero attached hydrogens (tertiary/aromatic N) is 22. The van der Waals surface area contributed by atoms with Crippen LogP contribution in [-0.4, -0.2) is 174 Å². The van der Waals surface area contributed by atoms with Crippen LogP contribution in [0.3, 0.4) is 0 Å². The summed E-state index contributed by atoms with van der Waals surface area (Å²) in [6.07, 6.45) is 6.86. The smallest absolute Gasteiger partial charge is 0.346 e. The number of halogens is 10. The lowest BCUT2D eigenvalue weighted by Crippen LogP contribution is -2.40. The molecule has 4 aromatic carbocycles. The molecule has 8 amide bonds. The van der Waals surface area contributed by atoms with Gasteiger partial charge in [-0.05, 0) is 200 Å². The molecule has 12 atom stereocenters. The summed E-state index contributed by atoms with van der Waals surface area (Å²) in [7, 11) is 3.62. The van der Waals surface area contributed by atoms with E-state index < -0.39 is 35.2 Å². The van der Waals surface area contributed by atoms with Crippen molar-refractivity contribution in [3.63, 3.8) is 0 Å². The van der Waals surface area contributed by atoms with Gasteiger partial charge in [-0.3, -0.25) is 19.6 Å². The zero-order chi connectivity index (χ0) is 97.7. The first-order chi connectivity index (χ1) is 63.8. The number of nitrogens with one attached hydrogen (secondary N) is 6. The van der Waals surface area contributed by atoms with Crippen LogP contribution in [0.2, 0.25) is 5.02 Å². The van der Waals surface area contributed by atoms with Crippen molar-refractivity contribution in [1.29, 1.82) is 0 Å². The summed E-state index contributed by atoms with van der Waals surface area (Å²) in [6, 6.07) is 27.6. The average Bonchev–Trinajstić information content (AvgIpc) is 1.62. The first kappa shape index (κ1) is 98.5. The second-order valence-corrected chi connectivity index (χ2v) is 35.5. The van der Waals surface area contributed by atoms with Gasteiger partial charge in [-0.25, -0.2) is 59.0 Å². The molecule has 12 aromatic rings. The van der Waals surface area contributed by atoms with Crippen LogP contribution in [0.4, 0.5) is 106 Å². The number of likely N-dealkylation sites (N-methyl/N-ethyl adjacent to an activating group) is 2. The van der Waals surface area contributed by atoms with Crippen LogP contribution in [0.5, 0.6) is 0 Å². The predicted molar refractivity (Wildman–Crippen MR) is 496 cm³/mol. The minimum absolute atomic E-state index is 0.00744. The molecule has 0 saturated carbocycles. The van der Waals surface area contributed by atoms with Gasteiger partial charge >= 0.3 is 42.7 Å². The van der Waals surface area contributed by atoms with Crippen LogP contribution >= 0.6 is 11.6 Å². The van der Waals surface area contributed by atoms with E-state index in [-0.39, 0.29) is 114 Å². The quantitative estimate of drug-likeness (QED) is 0.0306. The summed E-state index contributed by atoms with van der Waals surface area (Å²) < 4.78 is 122. The lowest BCUT2D eigenvalue weighted by atomic mass is 9.97. The Labute approximate surface area is 780 Å². The Morgan fingerprint density at radius 1 is 0.326 bits per heavy atom. The van der Waals surface area contributed by atoms with Crippen molar-refractivity contribution in [3.05, 3.63) is 241 Å². The van der Waals surface area contributed by atoms with Gasteiger partial charge in [0.25, 0.3) is 0 Å². The van der Waals surface area contributed by atoms with Gasteiger partial charge in [0.2, 0.25) is 23.8 Å². The van der Waals surface area contributed by atoms with Crippen LogP contribution in [0.1, 0.15) is 174 Å². The number of urea groups is 4.